The standard InChI is InChI=1S/C26H24N2O3/c1-18-8-12-21(13-9-18)25(30)27(17-20-6-4-3-5-7-20)23-16-24(29)28(26(23)31)22-14-10-19(2)11-15-22/h3-15,23H,16-17H2,1-2H3. The van der Waals surface area contributed by atoms with Crippen LogP contribution >= 0.6 is 0 Å². The first-order chi connectivity index (χ1) is 14.9. The van der Waals surface area contributed by atoms with Crippen molar-refractivity contribution in [2.75, 3.05) is 4.90 Å². The lowest BCUT2D eigenvalue weighted by Gasteiger charge is -2.28. The van der Waals surface area contributed by atoms with Gasteiger partial charge in [0.15, 0.2) is 0 Å². The molecular formula is C26H24N2O3. The molecule has 1 aliphatic heterocycles. The van der Waals surface area contributed by atoms with E-state index in [1.165, 1.54) is 9.80 Å². The Morgan fingerprint density at radius 3 is 2.06 bits per heavy atom. The molecule has 3 amide bonds. The second-order valence-electron chi connectivity index (χ2n) is 7.91. The van der Waals surface area contributed by atoms with E-state index in [1.807, 2.05) is 68.4 Å². The molecule has 4 rings (SSSR count). The molecule has 1 atom stereocenters. The van der Waals surface area contributed by atoms with E-state index in [0.29, 0.717) is 11.3 Å². The molecule has 0 bridgehead atoms. The summed E-state index contributed by atoms with van der Waals surface area (Å²) in [4.78, 5) is 42.3. The van der Waals surface area contributed by atoms with Gasteiger partial charge in [0.2, 0.25) is 5.91 Å². The summed E-state index contributed by atoms with van der Waals surface area (Å²) in [7, 11) is 0. The Kier molecular flexibility index (Phi) is 5.67. The zero-order chi connectivity index (χ0) is 22.0. The zero-order valence-electron chi connectivity index (χ0n) is 17.6. The van der Waals surface area contributed by atoms with E-state index in [2.05, 4.69) is 0 Å². The minimum Gasteiger partial charge on any atom is -0.322 e. The number of carbonyl (C=O) groups excluding carboxylic acids is 3. The Balaban J connectivity index is 1.68. The third-order valence-corrected chi connectivity index (χ3v) is 5.55. The summed E-state index contributed by atoms with van der Waals surface area (Å²) in [6.07, 6.45) is -0.0306. The maximum Gasteiger partial charge on any atom is 0.257 e. The Labute approximate surface area is 181 Å². The predicted molar refractivity (Wildman–Crippen MR) is 120 cm³/mol. The Morgan fingerprint density at radius 2 is 1.45 bits per heavy atom. The van der Waals surface area contributed by atoms with Crippen molar-refractivity contribution in [3.63, 3.8) is 0 Å². The molecule has 156 valence electrons. The Bertz CT molecular complexity index is 1110. The summed E-state index contributed by atoms with van der Waals surface area (Å²) in [5.41, 5.74) is 4.02. The fourth-order valence-corrected chi connectivity index (χ4v) is 3.79. The zero-order valence-corrected chi connectivity index (χ0v) is 17.6. The number of imide groups is 1. The number of carbonyl (C=O) groups is 3. The summed E-state index contributed by atoms with van der Waals surface area (Å²) >= 11 is 0. The van der Waals surface area contributed by atoms with E-state index < -0.39 is 6.04 Å². The van der Waals surface area contributed by atoms with Crippen LogP contribution < -0.4 is 4.90 Å². The van der Waals surface area contributed by atoms with Crippen molar-refractivity contribution in [3.05, 3.63) is 101 Å². The van der Waals surface area contributed by atoms with Gasteiger partial charge in [0.05, 0.1) is 12.1 Å². The highest BCUT2D eigenvalue weighted by atomic mass is 16.2. The normalized spacial score (nSPS) is 15.9. The van der Waals surface area contributed by atoms with E-state index in [0.717, 1.165) is 16.7 Å². The molecule has 0 aliphatic carbocycles. The van der Waals surface area contributed by atoms with Gasteiger partial charge in [0.1, 0.15) is 6.04 Å². The molecule has 0 saturated carbocycles. The third kappa shape index (κ3) is 4.26. The highest BCUT2D eigenvalue weighted by Gasteiger charge is 2.44. The van der Waals surface area contributed by atoms with Gasteiger partial charge >= 0.3 is 0 Å². The molecule has 0 radical (unpaired) electrons. The van der Waals surface area contributed by atoms with Crippen LogP contribution in [0.25, 0.3) is 0 Å². The van der Waals surface area contributed by atoms with Gasteiger partial charge in [0.25, 0.3) is 11.8 Å². The number of rotatable bonds is 5. The van der Waals surface area contributed by atoms with Crippen LogP contribution in [-0.2, 0) is 16.1 Å². The lowest BCUT2D eigenvalue weighted by atomic mass is 10.1. The van der Waals surface area contributed by atoms with Gasteiger partial charge in [-0.15, -0.1) is 0 Å². The first kappa shape index (κ1) is 20.5. The van der Waals surface area contributed by atoms with Gasteiger partial charge < -0.3 is 4.90 Å². The number of aryl methyl sites for hydroxylation is 2. The molecule has 1 aliphatic rings. The lowest BCUT2D eigenvalue weighted by molar-refractivity contribution is -0.122. The first-order valence-electron chi connectivity index (χ1n) is 10.3. The summed E-state index contributed by atoms with van der Waals surface area (Å²) < 4.78 is 0. The van der Waals surface area contributed by atoms with Crippen LogP contribution in [0.3, 0.4) is 0 Å². The third-order valence-electron chi connectivity index (χ3n) is 5.55. The van der Waals surface area contributed by atoms with Gasteiger partial charge in [-0.1, -0.05) is 65.7 Å². The van der Waals surface area contributed by atoms with Crippen LogP contribution in [0.2, 0.25) is 0 Å². The van der Waals surface area contributed by atoms with Crippen LogP contribution in [0.15, 0.2) is 78.9 Å². The molecule has 3 aromatic carbocycles. The first-order valence-corrected chi connectivity index (χ1v) is 10.3. The van der Waals surface area contributed by atoms with Crippen LogP contribution in [0, 0.1) is 13.8 Å². The molecule has 31 heavy (non-hydrogen) atoms. The number of benzene rings is 3. The van der Waals surface area contributed by atoms with Crippen molar-refractivity contribution < 1.29 is 14.4 Å². The van der Waals surface area contributed by atoms with Gasteiger partial charge in [-0.25, -0.2) is 4.90 Å². The molecule has 1 saturated heterocycles. The number of nitrogens with zero attached hydrogens (tertiary/aromatic N) is 2. The molecule has 1 heterocycles. The van der Waals surface area contributed by atoms with Crippen molar-refractivity contribution in [2.45, 2.75) is 32.9 Å². The number of hydrogen-bond donors (Lipinski definition) is 0. The second-order valence-corrected chi connectivity index (χ2v) is 7.91. The average molecular weight is 412 g/mol. The van der Waals surface area contributed by atoms with E-state index in [4.69, 9.17) is 0 Å². The highest BCUT2D eigenvalue weighted by Crippen LogP contribution is 2.28. The molecule has 0 N–H and O–H groups in total. The Hall–Kier alpha value is -3.73. The number of amides is 3. The number of hydrogen-bond acceptors (Lipinski definition) is 3. The summed E-state index contributed by atoms with van der Waals surface area (Å²) in [6.45, 7) is 4.15. The molecule has 0 aromatic heterocycles. The summed E-state index contributed by atoms with van der Waals surface area (Å²) in [5, 5.41) is 0. The largest absolute Gasteiger partial charge is 0.322 e. The molecule has 1 fully saturated rings. The average Bonchev–Trinajstić information content (AvgIpc) is 3.07. The number of anilines is 1. The van der Waals surface area contributed by atoms with Crippen LogP contribution in [0.1, 0.15) is 33.5 Å². The second kappa shape index (κ2) is 8.56. The van der Waals surface area contributed by atoms with Crippen molar-refractivity contribution in [3.8, 4) is 0 Å². The monoisotopic (exact) mass is 412 g/mol. The van der Waals surface area contributed by atoms with Crippen molar-refractivity contribution in [1.29, 1.82) is 0 Å². The van der Waals surface area contributed by atoms with E-state index >= 15 is 0 Å². The summed E-state index contributed by atoms with van der Waals surface area (Å²) in [6, 6.07) is 23.2. The summed E-state index contributed by atoms with van der Waals surface area (Å²) in [5.74, 6) is -0.931. The molecule has 5 heteroatoms. The van der Waals surface area contributed by atoms with Crippen molar-refractivity contribution in [1.82, 2.24) is 4.90 Å². The fraction of sp³-hybridized carbons (Fsp3) is 0.192. The minimum absolute atomic E-state index is 0.0306. The maximum atomic E-state index is 13.4. The Morgan fingerprint density at radius 1 is 0.871 bits per heavy atom. The van der Waals surface area contributed by atoms with E-state index in [1.54, 1.807) is 24.3 Å². The van der Waals surface area contributed by atoms with E-state index in [9.17, 15) is 14.4 Å². The molecule has 0 spiro atoms. The van der Waals surface area contributed by atoms with Crippen LogP contribution in [0.5, 0.6) is 0 Å². The smallest absolute Gasteiger partial charge is 0.257 e. The van der Waals surface area contributed by atoms with Gasteiger partial charge in [-0.2, -0.15) is 0 Å². The maximum absolute atomic E-state index is 13.4. The highest BCUT2D eigenvalue weighted by molar-refractivity contribution is 6.23. The van der Waals surface area contributed by atoms with E-state index in [-0.39, 0.29) is 30.7 Å². The topological polar surface area (TPSA) is 57.7 Å². The molecule has 3 aromatic rings. The predicted octanol–water partition coefficient (Wildman–Crippen LogP) is 4.28. The lowest BCUT2D eigenvalue weighted by Crippen LogP contribution is -2.45. The molecule has 5 nitrogen and oxygen atoms in total. The van der Waals surface area contributed by atoms with Crippen molar-refractivity contribution >= 4 is 23.4 Å². The SMILES string of the molecule is Cc1ccc(C(=O)N(Cc2ccccc2)C2CC(=O)N(c3ccc(C)cc3)C2=O)cc1. The van der Waals surface area contributed by atoms with Gasteiger partial charge in [-0.05, 0) is 43.7 Å². The minimum atomic E-state index is -0.845. The fourth-order valence-electron chi connectivity index (χ4n) is 3.79. The van der Waals surface area contributed by atoms with Gasteiger partial charge in [0, 0.05) is 12.1 Å². The molecule has 1 unspecified atom stereocenters. The molecular weight excluding hydrogens is 388 g/mol. The van der Waals surface area contributed by atoms with Gasteiger partial charge in [-0.3, -0.25) is 14.4 Å². The quantitative estimate of drug-likeness (QED) is 0.588. The van der Waals surface area contributed by atoms with Crippen LogP contribution in [-0.4, -0.2) is 28.7 Å². The van der Waals surface area contributed by atoms with Crippen molar-refractivity contribution in [2.24, 2.45) is 0 Å². The van der Waals surface area contributed by atoms with Crippen LogP contribution in [0.4, 0.5) is 5.69 Å².